The minimum Gasteiger partial charge on any atom is -0.506 e. The normalized spacial score (nSPS) is 16.6. The maximum absolute atomic E-state index is 12.3. The molecular weight excluding hydrogens is 488 g/mol. The van der Waals surface area contributed by atoms with E-state index in [2.05, 4.69) is 22.6 Å². The Morgan fingerprint density at radius 2 is 1.95 bits per heavy atom. The van der Waals surface area contributed by atoms with Crippen LogP contribution in [0.4, 0.5) is 0 Å². The number of benzene rings is 1. The number of amides is 1. The quantitative estimate of drug-likeness (QED) is 0.625. The number of carbonyl (C=O) groups is 2. The van der Waals surface area contributed by atoms with Crippen LogP contribution in [0.25, 0.3) is 0 Å². The Balaban J connectivity index is 2.10. The molecule has 0 saturated carbocycles. The summed E-state index contributed by atoms with van der Waals surface area (Å²) < 4.78 is 1.51. The predicted molar refractivity (Wildman–Crippen MR) is 89.7 cm³/mol. The number of hydrogen-bond donors (Lipinski definition) is 2. The number of aliphatic carboxylic acids is 1. The Labute approximate surface area is 143 Å². The molecule has 20 heavy (non-hydrogen) atoms. The van der Waals surface area contributed by atoms with Crippen LogP contribution in [0.2, 0.25) is 0 Å². The molecule has 0 spiro atoms. The van der Waals surface area contributed by atoms with Gasteiger partial charge in [0.2, 0.25) is 0 Å². The second-order valence-electron chi connectivity index (χ2n) is 4.88. The van der Waals surface area contributed by atoms with E-state index in [0.29, 0.717) is 16.7 Å². The Kier molecular flexibility index (Phi) is 4.77. The minimum absolute atomic E-state index is 0.00857. The number of carboxylic acid groups (broad SMARTS) is 1. The van der Waals surface area contributed by atoms with Crippen LogP contribution < -0.4 is 0 Å². The summed E-state index contributed by atoms with van der Waals surface area (Å²) in [5.74, 6) is -1.56. The van der Waals surface area contributed by atoms with Crippen LogP contribution in [0.5, 0.6) is 5.75 Å². The lowest BCUT2D eigenvalue weighted by atomic mass is 9.86. The number of carboxylic acids is 1. The van der Waals surface area contributed by atoms with Crippen LogP contribution in [0.3, 0.4) is 0 Å². The van der Waals surface area contributed by atoms with Gasteiger partial charge in [0, 0.05) is 22.6 Å². The van der Waals surface area contributed by atoms with Gasteiger partial charge in [0.1, 0.15) is 5.75 Å². The molecule has 2 N–H and O–H groups in total. The molecule has 0 aliphatic carbocycles. The molecule has 1 aromatic carbocycles. The van der Waals surface area contributed by atoms with Gasteiger partial charge in [0.05, 0.1) is 15.1 Å². The maximum Gasteiger partial charge on any atom is 0.306 e. The molecule has 5 nitrogen and oxygen atoms in total. The number of phenolic OH excluding ortho intramolecular Hbond substituents is 1. The van der Waals surface area contributed by atoms with Gasteiger partial charge < -0.3 is 15.1 Å². The number of hydrogen-bond acceptors (Lipinski definition) is 3. The molecule has 1 aliphatic rings. The molecule has 1 atom stereocenters. The molecule has 1 aromatic rings. The van der Waals surface area contributed by atoms with Crippen molar-refractivity contribution in [3.63, 3.8) is 0 Å². The van der Waals surface area contributed by atoms with Gasteiger partial charge in [-0.1, -0.05) is 6.92 Å². The van der Waals surface area contributed by atoms with Crippen LogP contribution in [0.15, 0.2) is 12.1 Å². The van der Waals surface area contributed by atoms with Crippen molar-refractivity contribution in [1.82, 2.24) is 4.90 Å². The van der Waals surface area contributed by atoms with Crippen molar-refractivity contribution < 1.29 is 19.8 Å². The Morgan fingerprint density at radius 3 is 2.50 bits per heavy atom. The van der Waals surface area contributed by atoms with E-state index in [4.69, 9.17) is 5.11 Å². The van der Waals surface area contributed by atoms with Crippen molar-refractivity contribution in [3.05, 3.63) is 24.8 Å². The van der Waals surface area contributed by atoms with Crippen LogP contribution >= 0.6 is 45.2 Å². The highest BCUT2D eigenvalue weighted by Crippen LogP contribution is 2.31. The lowest BCUT2D eigenvalue weighted by molar-refractivity contribution is -0.144. The zero-order valence-corrected chi connectivity index (χ0v) is 15.0. The number of carbonyl (C=O) groups excluding carboxylic acids is 1. The molecule has 1 unspecified atom stereocenters. The first-order valence-electron chi connectivity index (χ1n) is 6.01. The van der Waals surface area contributed by atoms with E-state index in [-0.39, 0.29) is 23.1 Å². The molecule has 108 valence electrons. The van der Waals surface area contributed by atoms with Crippen molar-refractivity contribution in [2.75, 3.05) is 13.1 Å². The van der Waals surface area contributed by atoms with Gasteiger partial charge in [0.25, 0.3) is 5.91 Å². The van der Waals surface area contributed by atoms with Gasteiger partial charge in [-0.2, -0.15) is 0 Å². The van der Waals surface area contributed by atoms with Crippen LogP contribution in [0, 0.1) is 19.0 Å². The van der Waals surface area contributed by atoms with Gasteiger partial charge in [0.15, 0.2) is 0 Å². The van der Waals surface area contributed by atoms with E-state index >= 15 is 0 Å². The van der Waals surface area contributed by atoms with Gasteiger partial charge >= 0.3 is 5.97 Å². The number of rotatable bonds is 3. The van der Waals surface area contributed by atoms with Gasteiger partial charge in [-0.3, -0.25) is 9.59 Å². The van der Waals surface area contributed by atoms with E-state index in [1.807, 2.05) is 22.6 Å². The fourth-order valence-electron chi connectivity index (χ4n) is 2.10. The molecule has 2 rings (SSSR count). The highest BCUT2D eigenvalue weighted by molar-refractivity contribution is 14.1. The molecule has 1 heterocycles. The second-order valence-corrected chi connectivity index (χ2v) is 7.29. The smallest absolute Gasteiger partial charge is 0.306 e. The molecular formula is C13H13I2NO4. The third-order valence-corrected chi connectivity index (χ3v) is 5.00. The number of phenols is 1. The van der Waals surface area contributed by atoms with E-state index < -0.39 is 11.9 Å². The van der Waals surface area contributed by atoms with Crippen LogP contribution in [0.1, 0.15) is 17.3 Å². The van der Waals surface area contributed by atoms with Crippen molar-refractivity contribution in [2.24, 2.45) is 11.8 Å². The first kappa shape index (κ1) is 15.8. The minimum atomic E-state index is -0.839. The number of halogens is 2. The lowest BCUT2D eigenvalue weighted by Crippen LogP contribution is -2.53. The summed E-state index contributed by atoms with van der Waals surface area (Å²) in [5.41, 5.74) is 0.280. The van der Waals surface area contributed by atoms with Crippen molar-refractivity contribution >= 4 is 57.1 Å². The Morgan fingerprint density at radius 1 is 1.35 bits per heavy atom. The van der Waals surface area contributed by atoms with Gasteiger partial charge in [-0.15, -0.1) is 0 Å². The van der Waals surface area contributed by atoms with Gasteiger partial charge in [-0.05, 0) is 57.3 Å². The van der Waals surface area contributed by atoms with Crippen LogP contribution in [-0.2, 0) is 4.79 Å². The highest BCUT2D eigenvalue weighted by atomic mass is 127. The average Bonchev–Trinajstić information content (AvgIpc) is 2.31. The summed E-state index contributed by atoms with van der Waals surface area (Å²) in [6.07, 6.45) is 0. The zero-order chi connectivity index (χ0) is 15.0. The second kappa shape index (κ2) is 6.04. The highest BCUT2D eigenvalue weighted by Gasteiger charge is 2.38. The molecule has 0 bridgehead atoms. The summed E-state index contributed by atoms with van der Waals surface area (Å²) in [4.78, 5) is 24.8. The van der Waals surface area contributed by atoms with E-state index in [9.17, 15) is 14.7 Å². The summed E-state index contributed by atoms with van der Waals surface area (Å²) in [6.45, 7) is 2.50. The first-order valence-corrected chi connectivity index (χ1v) is 8.17. The molecule has 1 fully saturated rings. The molecule has 1 saturated heterocycles. The SMILES string of the molecule is CC(C(=O)O)C1CN(C(=O)c2cc(I)cc(I)c2O)C1. The molecule has 7 heteroatoms. The summed E-state index contributed by atoms with van der Waals surface area (Å²) >= 11 is 4.08. The predicted octanol–water partition coefficient (Wildman–Crippen LogP) is 2.39. The van der Waals surface area contributed by atoms with Crippen molar-refractivity contribution in [2.45, 2.75) is 6.92 Å². The Bertz CT molecular complexity index is 570. The zero-order valence-electron chi connectivity index (χ0n) is 10.6. The third kappa shape index (κ3) is 3.02. The molecule has 1 aliphatic heterocycles. The standard InChI is InChI=1S/C13H13I2NO4/c1-6(13(19)20)7-4-16(5-7)12(18)9-2-8(14)3-10(15)11(9)17/h2-3,6-7,17H,4-5H2,1H3,(H,19,20). The summed E-state index contributed by atoms with van der Waals surface area (Å²) in [7, 11) is 0. The number of aromatic hydroxyl groups is 1. The van der Waals surface area contributed by atoms with Crippen molar-refractivity contribution in [1.29, 1.82) is 0 Å². The lowest BCUT2D eigenvalue weighted by Gasteiger charge is -2.41. The largest absolute Gasteiger partial charge is 0.506 e. The Hall–Kier alpha value is -0.580. The van der Waals surface area contributed by atoms with E-state index in [0.717, 1.165) is 3.57 Å². The fourth-order valence-corrected chi connectivity index (χ4v) is 3.94. The molecule has 0 aromatic heterocycles. The third-order valence-electron chi connectivity index (χ3n) is 3.55. The average molecular weight is 501 g/mol. The maximum atomic E-state index is 12.3. The topological polar surface area (TPSA) is 77.8 Å². The molecule has 0 radical (unpaired) electrons. The van der Waals surface area contributed by atoms with Crippen molar-refractivity contribution in [3.8, 4) is 5.75 Å². The first-order chi connectivity index (χ1) is 9.31. The van der Waals surface area contributed by atoms with Gasteiger partial charge in [-0.25, -0.2) is 0 Å². The fraction of sp³-hybridized carbons (Fsp3) is 0.385. The van der Waals surface area contributed by atoms with E-state index in [1.54, 1.807) is 24.0 Å². The monoisotopic (exact) mass is 501 g/mol. The summed E-state index contributed by atoms with van der Waals surface area (Å²) in [5, 5.41) is 18.9. The van der Waals surface area contributed by atoms with Crippen LogP contribution in [-0.4, -0.2) is 40.1 Å². The van der Waals surface area contributed by atoms with E-state index in [1.165, 1.54) is 0 Å². The molecule has 1 amide bonds. The summed E-state index contributed by atoms with van der Waals surface area (Å²) in [6, 6.07) is 3.44. The number of likely N-dealkylation sites (tertiary alicyclic amines) is 1. The number of nitrogens with zero attached hydrogens (tertiary/aromatic N) is 1.